The highest BCUT2D eigenvalue weighted by Crippen LogP contribution is 2.33. The zero-order chi connectivity index (χ0) is 19.6. The van der Waals surface area contributed by atoms with E-state index in [1.54, 1.807) is 42.5 Å². The summed E-state index contributed by atoms with van der Waals surface area (Å²) in [7, 11) is 0. The van der Waals surface area contributed by atoms with Crippen molar-refractivity contribution >= 4 is 0 Å². The summed E-state index contributed by atoms with van der Waals surface area (Å²) in [6.07, 6.45) is -5.78. The molecule has 27 heavy (non-hydrogen) atoms. The van der Waals surface area contributed by atoms with E-state index in [2.05, 4.69) is 6.07 Å². The van der Waals surface area contributed by atoms with Crippen molar-refractivity contribution in [3.8, 4) is 11.8 Å². The number of benzene rings is 2. The molecule has 7 heteroatoms. The van der Waals surface area contributed by atoms with Gasteiger partial charge in [-0.05, 0) is 41.3 Å². The van der Waals surface area contributed by atoms with Crippen molar-refractivity contribution in [3.63, 3.8) is 0 Å². The van der Waals surface area contributed by atoms with E-state index < -0.39 is 37.1 Å². The molecule has 1 heterocycles. The number of aromatic hydroxyl groups is 1. The Morgan fingerprint density at radius 1 is 0.963 bits per heavy atom. The zero-order valence-electron chi connectivity index (χ0n) is 14.4. The normalized spacial score (nSPS) is 27.9. The van der Waals surface area contributed by atoms with Gasteiger partial charge in [-0.1, -0.05) is 24.3 Å². The summed E-state index contributed by atoms with van der Waals surface area (Å²) in [5.74, 6) is 0.148. The van der Waals surface area contributed by atoms with Gasteiger partial charge in [0.1, 0.15) is 36.3 Å². The Bertz CT molecular complexity index is 829. The van der Waals surface area contributed by atoms with Crippen LogP contribution in [0.2, 0.25) is 0 Å². The molecule has 0 unspecified atom stereocenters. The molecule has 5 N–H and O–H groups in total. The largest absolute Gasteiger partial charge is 0.508 e. The second-order valence-electron chi connectivity index (χ2n) is 6.62. The minimum absolute atomic E-state index is 0.148. The predicted molar refractivity (Wildman–Crippen MR) is 94.8 cm³/mol. The number of hydrogen-bond acceptors (Lipinski definition) is 7. The third-order valence-electron chi connectivity index (χ3n) is 4.80. The summed E-state index contributed by atoms with van der Waals surface area (Å²) < 4.78 is 5.59. The van der Waals surface area contributed by atoms with Crippen molar-refractivity contribution in [2.75, 3.05) is 6.61 Å². The molecule has 0 spiro atoms. The Balaban J connectivity index is 1.92. The fourth-order valence-electron chi connectivity index (χ4n) is 3.26. The van der Waals surface area contributed by atoms with Crippen molar-refractivity contribution < 1.29 is 30.3 Å². The summed E-state index contributed by atoms with van der Waals surface area (Å²) in [5.41, 5.74) is 2.56. The smallest absolute Gasteiger partial charge is 0.115 e. The van der Waals surface area contributed by atoms with Crippen LogP contribution in [0.4, 0.5) is 0 Å². The lowest BCUT2D eigenvalue weighted by Gasteiger charge is -2.40. The van der Waals surface area contributed by atoms with Gasteiger partial charge in [0.2, 0.25) is 0 Å². The van der Waals surface area contributed by atoms with Gasteiger partial charge < -0.3 is 30.3 Å². The topological polar surface area (TPSA) is 134 Å². The molecule has 0 amide bonds. The molecule has 1 saturated heterocycles. The average Bonchev–Trinajstić information content (AvgIpc) is 2.68. The second-order valence-corrected chi connectivity index (χ2v) is 6.62. The lowest BCUT2D eigenvalue weighted by Crippen LogP contribution is -2.55. The summed E-state index contributed by atoms with van der Waals surface area (Å²) in [6, 6.07) is 13.7. The lowest BCUT2D eigenvalue weighted by atomic mass is 9.89. The first kappa shape index (κ1) is 19.3. The number of ether oxygens (including phenoxy) is 1. The first-order valence-corrected chi connectivity index (χ1v) is 8.56. The highest BCUT2D eigenvalue weighted by Gasteiger charge is 2.44. The van der Waals surface area contributed by atoms with E-state index >= 15 is 0 Å². The maximum atomic E-state index is 10.3. The van der Waals surface area contributed by atoms with Gasteiger partial charge in [0.25, 0.3) is 0 Å². The predicted octanol–water partition coefficient (Wildman–Crippen LogP) is 0.370. The van der Waals surface area contributed by atoms with Crippen molar-refractivity contribution in [1.82, 2.24) is 0 Å². The maximum absolute atomic E-state index is 10.3. The van der Waals surface area contributed by atoms with E-state index in [1.165, 1.54) is 0 Å². The minimum atomic E-state index is -1.46. The molecule has 7 nitrogen and oxygen atoms in total. The van der Waals surface area contributed by atoms with E-state index in [9.17, 15) is 30.8 Å². The molecule has 1 aliphatic heterocycles. The Morgan fingerprint density at radius 3 is 2.30 bits per heavy atom. The molecule has 1 aliphatic rings. The van der Waals surface area contributed by atoms with Crippen LogP contribution in [-0.4, -0.2) is 56.6 Å². The van der Waals surface area contributed by atoms with Crippen LogP contribution in [-0.2, 0) is 11.2 Å². The molecule has 5 atom stereocenters. The molecule has 1 fully saturated rings. The van der Waals surface area contributed by atoms with Gasteiger partial charge in [0.15, 0.2) is 0 Å². The van der Waals surface area contributed by atoms with Gasteiger partial charge in [-0.15, -0.1) is 0 Å². The Hall–Kier alpha value is -2.47. The van der Waals surface area contributed by atoms with Crippen LogP contribution in [0, 0.1) is 11.3 Å². The molecule has 0 radical (unpaired) electrons. The van der Waals surface area contributed by atoms with Crippen molar-refractivity contribution in [2.24, 2.45) is 0 Å². The highest BCUT2D eigenvalue weighted by molar-refractivity contribution is 5.44. The Morgan fingerprint density at radius 2 is 1.67 bits per heavy atom. The summed E-state index contributed by atoms with van der Waals surface area (Å²) in [6.45, 7) is -0.502. The summed E-state index contributed by atoms with van der Waals surface area (Å²) >= 11 is 0. The average molecular weight is 371 g/mol. The van der Waals surface area contributed by atoms with Crippen LogP contribution in [0.1, 0.15) is 28.4 Å². The van der Waals surface area contributed by atoms with E-state index in [0.717, 1.165) is 5.56 Å². The first-order valence-electron chi connectivity index (χ1n) is 8.56. The Kier molecular flexibility index (Phi) is 5.75. The van der Waals surface area contributed by atoms with Crippen LogP contribution >= 0.6 is 0 Å². The van der Waals surface area contributed by atoms with Crippen LogP contribution in [0.15, 0.2) is 42.5 Å². The molecule has 142 valence electrons. The van der Waals surface area contributed by atoms with Gasteiger partial charge in [-0.2, -0.15) is 5.26 Å². The van der Waals surface area contributed by atoms with E-state index in [1.807, 2.05) is 0 Å². The fraction of sp³-hybridized carbons (Fsp3) is 0.350. The van der Waals surface area contributed by atoms with E-state index in [0.29, 0.717) is 23.1 Å². The van der Waals surface area contributed by atoms with Crippen molar-refractivity contribution in [1.29, 1.82) is 5.26 Å². The van der Waals surface area contributed by atoms with Gasteiger partial charge >= 0.3 is 0 Å². The van der Waals surface area contributed by atoms with Crippen LogP contribution in [0.3, 0.4) is 0 Å². The van der Waals surface area contributed by atoms with Crippen LogP contribution in [0.25, 0.3) is 0 Å². The molecule has 0 bridgehead atoms. The number of phenolic OH excluding ortho intramolecular Hbond substituents is 1. The van der Waals surface area contributed by atoms with Gasteiger partial charge in [0, 0.05) is 0 Å². The molecular formula is C20H21NO6. The molecule has 0 saturated carbocycles. The molecule has 2 aromatic carbocycles. The number of hydrogen-bond donors (Lipinski definition) is 5. The second kappa shape index (κ2) is 8.05. The van der Waals surface area contributed by atoms with Gasteiger partial charge in [-0.3, -0.25) is 0 Å². The third-order valence-corrected chi connectivity index (χ3v) is 4.80. The number of phenols is 1. The van der Waals surface area contributed by atoms with Crippen LogP contribution < -0.4 is 0 Å². The molecular weight excluding hydrogens is 350 g/mol. The van der Waals surface area contributed by atoms with Crippen molar-refractivity contribution in [2.45, 2.75) is 36.9 Å². The SMILES string of the molecule is N#Cc1ccc([C@@H]2O[C@H](CO)[C@@H](O)[C@H](O)[C@H]2O)cc1Cc1ccc(O)cc1. The first-order chi connectivity index (χ1) is 12.9. The van der Waals surface area contributed by atoms with Gasteiger partial charge in [-0.25, -0.2) is 0 Å². The molecule has 0 aromatic heterocycles. The number of aliphatic hydroxyl groups is 4. The number of rotatable bonds is 4. The van der Waals surface area contributed by atoms with Crippen LogP contribution in [0.5, 0.6) is 5.75 Å². The summed E-state index contributed by atoms with van der Waals surface area (Å²) in [5, 5.41) is 58.3. The lowest BCUT2D eigenvalue weighted by molar-refractivity contribution is -0.231. The zero-order valence-corrected chi connectivity index (χ0v) is 14.4. The standard InChI is InChI=1S/C20H21NO6/c21-9-13-4-3-12(8-14(13)7-11-1-5-15(23)6-2-11)20-19(26)18(25)17(24)16(10-22)27-20/h1-6,8,16-20,22-26H,7,10H2/t16-,17-,18+,19-,20+/m1/s1. The minimum Gasteiger partial charge on any atom is -0.508 e. The number of aliphatic hydroxyl groups excluding tert-OH is 4. The van der Waals surface area contributed by atoms with Crippen molar-refractivity contribution in [3.05, 3.63) is 64.7 Å². The maximum Gasteiger partial charge on any atom is 0.115 e. The molecule has 2 aromatic rings. The number of nitrogens with zero attached hydrogens (tertiary/aromatic N) is 1. The third kappa shape index (κ3) is 3.95. The quantitative estimate of drug-likeness (QED) is 0.524. The number of nitriles is 1. The monoisotopic (exact) mass is 371 g/mol. The van der Waals surface area contributed by atoms with E-state index in [-0.39, 0.29) is 5.75 Å². The van der Waals surface area contributed by atoms with Gasteiger partial charge in [0.05, 0.1) is 18.2 Å². The highest BCUT2D eigenvalue weighted by atomic mass is 16.5. The Labute approximate surface area is 156 Å². The van der Waals surface area contributed by atoms with E-state index in [4.69, 9.17) is 4.74 Å². The fourth-order valence-corrected chi connectivity index (χ4v) is 3.26. The summed E-state index contributed by atoms with van der Waals surface area (Å²) in [4.78, 5) is 0. The molecule has 0 aliphatic carbocycles. The molecule has 3 rings (SSSR count).